The predicted molar refractivity (Wildman–Crippen MR) is 65.2 cm³/mol. The molecule has 0 aliphatic carbocycles. The van der Waals surface area contributed by atoms with Crippen molar-refractivity contribution in [1.29, 1.82) is 0 Å². The molecule has 1 fully saturated rings. The van der Waals surface area contributed by atoms with E-state index in [2.05, 4.69) is 43.2 Å². The topological polar surface area (TPSA) is 21.1 Å². The van der Waals surface area contributed by atoms with Crippen LogP contribution in [0.5, 0.6) is 0 Å². The van der Waals surface area contributed by atoms with Crippen molar-refractivity contribution >= 4 is 22.6 Å². The van der Waals surface area contributed by atoms with Crippen LogP contribution in [0.4, 0.5) is 0 Å². The third kappa shape index (κ3) is 2.95. The van der Waals surface area contributed by atoms with Gasteiger partial charge in [-0.3, -0.25) is 0 Å². The lowest BCUT2D eigenvalue weighted by Crippen LogP contribution is -2.21. The van der Waals surface area contributed by atoms with Gasteiger partial charge in [-0.05, 0) is 61.5 Å². The quantitative estimate of drug-likeness (QED) is 0.793. The van der Waals surface area contributed by atoms with Crippen LogP contribution in [0.3, 0.4) is 0 Å². The molecule has 2 rings (SSSR count). The zero-order valence-corrected chi connectivity index (χ0v) is 10.5. The molecule has 1 aliphatic rings. The first-order chi connectivity index (χ1) is 6.84. The maximum atomic E-state index is 4.20. The monoisotopic (exact) mass is 305 g/mol. The Bertz CT molecular complexity index is 279. The van der Waals surface area contributed by atoms with Gasteiger partial charge in [0.05, 0.1) is 6.33 Å². The summed E-state index contributed by atoms with van der Waals surface area (Å²) in [5.41, 5.74) is 0. The van der Waals surface area contributed by atoms with Gasteiger partial charge in [0.1, 0.15) is 3.70 Å². The molecule has 1 aromatic heterocycles. The van der Waals surface area contributed by atoms with Crippen LogP contribution < -0.4 is 0 Å². The summed E-state index contributed by atoms with van der Waals surface area (Å²) in [5.74, 6) is 0. The average molecular weight is 305 g/mol. The molecule has 4 heteroatoms. The number of imidazole rings is 1. The number of rotatable bonds is 4. The fourth-order valence-electron chi connectivity index (χ4n) is 1.94. The van der Waals surface area contributed by atoms with E-state index in [-0.39, 0.29) is 0 Å². The lowest BCUT2D eigenvalue weighted by Gasteiger charge is -2.13. The zero-order chi connectivity index (χ0) is 9.80. The maximum Gasteiger partial charge on any atom is 0.119 e. The van der Waals surface area contributed by atoms with Crippen molar-refractivity contribution < 1.29 is 0 Å². The van der Waals surface area contributed by atoms with Gasteiger partial charge >= 0.3 is 0 Å². The number of aryl methyl sites for hydroxylation is 1. The van der Waals surface area contributed by atoms with E-state index in [1.165, 1.54) is 38.9 Å². The molecular formula is C10H16IN3. The fourth-order valence-corrected chi connectivity index (χ4v) is 2.42. The maximum absolute atomic E-state index is 4.20. The number of halogens is 1. The van der Waals surface area contributed by atoms with Crippen LogP contribution in [0.1, 0.15) is 19.3 Å². The Morgan fingerprint density at radius 1 is 1.29 bits per heavy atom. The van der Waals surface area contributed by atoms with Crippen molar-refractivity contribution in [3.05, 3.63) is 16.2 Å². The van der Waals surface area contributed by atoms with E-state index >= 15 is 0 Å². The summed E-state index contributed by atoms with van der Waals surface area (Å²) < 4.78 is 3.27. The van der Waals surface area contributed by atoms with Gasteiger partial charge in [0, 0.05) is 12.7 Å². The molecule has 1 aliphatic heterocycles. The summed E-state index contributed by atoms with van der Waals surface area (Å²) in [6.45, 7) is 4.96. The molecule has 0 radical (unpaired) electrons. The highest BCUT2D eigenvalue weighted by atomic mass is 127. The number of aromatic nitrogens is 2. The molecule has 0 amide bonds. The zero-order valence-electron chi connectivity index (χ0n) is 8.32. The van der Waals surface area contributed by atoms with Crippen LogP contribution in [0, 0.1) is 3.70 Å². The van der Waals surface area contributed by atoms with Crippen LogP contribution in [-0.2, 0) is 6.54 Å². The highest BCUT2D eigenvalue weighted by Gasteiger charge is 2.10. The van der Waals surface area contributed by atoms with E-state index in [1.807, 2.05) is 6.33 Å². The van der Waals surface area contributed by atoms with Crippen molar-refractivity contribution in [2.45, 2.75) is 25.8 Å². The number of likely N-dealkylation sites (tertiary alicyclic amines) is 1. The standard InChI is InChI=1S/C10H16IN3/c11-10-8-14(9-12-10)7-3-6-13-4-1-2-5-13/h8-9H,1-7H2. The minimum atomic E-state index is 1.09. The van der Waals surface area contributed by atoms with Crippen LogP contribution >= 0.6 is 22.6 Å². The van der Waals surface area contributed by atoms with Crippen molar-refractivity contribution in [3.8, 4) is 0 Å². The van der Waals surface area contributed by atoms with Gasteiger partial charge in [-0.2, -0.15) is 0 Å². The Morgan fingerprint density at radius 3 is 2.71 bits per heavy atom. The third-order valence-electron chi connectivity index (χ3n) is 2.69. The molecule has 0 atom stereocenters. The molecule has 3 nitrogen and oxygen atoms in total. The lowest BCUT2D eigenvalue weighted by atomic mass is 10.4. The van der Waals surface area contributed by atoms with Gasteiger partial charge in [-0.1, -0.05) is 0 Å². The molecule has 0 aromatic carbocycles. The van der Waals surface area contributed by atoms with E-state index in [9.17, 15) is 0 Å². The van der Waals surface area contributed by atoms with E-state index < -0.39 is 0 Å². The van der Waals surface area contributed by atoms with Gasteiger partial charge < -0.3 is 9.47 Å². The van der Waals surface area contributed by atoms with Crippen LogP contribution in [0.25, 0.3) is 0 Å². The van der Waals surface area contributed by atoms with Gasteiger partial charge in [0.25, 0.3) is 0 Å². The van der Waals surface area contributed by atoms with Crippen molar-refractivity contribution in [3.63, 3.8) is 0 Å². The minimum Gasteiger partial charge on any atom is -0.336 e. The Hall–Kier alpha value is -0.100. The molecule has 0 saturated carbocycles. The van der Waals surface area contributed by atoms with E-state index in [0.29, 0.717) is 0 Å². The first kappa shape index (κ1) is 10.4. The molecular weight excluding hydrogens is 289 g/mol. The number of hydrogen-bond acceptors (Lipinski definition) is 2. The molecule has 2 heterocycles. The lowest BCUT2D eigenvalue weighted by molar-refractivity contribution is 0.325. The second-order valence-electron chi connectivity index (χ2n) is 3.84. The minimum absolute atomic E-state index is 1.09. The van der Waals surface area contributed by atoms with E-state index in [1.54, 1.807) is 0 Å². The van der Waals surface area contributed by atoms with Crippen molar-refractivity contribution in [1.82, 2.24) is 14.5 Å². The Morgan fingerprint density at radius 2 is 2.07 bits per heavy atom. The SMILES string of the molecule is Ic1cn(CCCN2CCCC2)cn1. The predicted octanol–water partition coefficient (Wildman–Crippen LogP) is 1.97. The van der Waals surface area contributed by atoms with Crippen LogP contribution in [0.15, 0.2) is 12.5 Å². The molecule has 14 heavy (non-hydrogen) atoms. The van der Waals surface area contributed by atoms with E-state index in [0.717, 1.165) is 10.2 Å². The number of hydrogen-bond donors (Lipinski definition) is 0. The Labute approximate surface area is 98.6 Å². The molecule has 0 spiro atoms. The highest BCUT2D eigenvalue weighted by molar-refractivity contribution is 14.1. The summed E-state index contributed by atoms with van der Waals surface area (Å²) in [4.78, 5) is 6.76. The number of nitrogens with zero attached hydrogens (tertiary/aromatic N) is 3. The second kappa shape index (κ2) is 5.11. The second-order valence-corrected chi connectivity index (χ2v) is 4.94. The summed E-state index contributed by atoms with van der Waals surface area (Å²) in [5, 5.41) is 0. The molecule has 78 valence electrons. The Balaban J connectivity index is 1.67. The summed E-state index contributed by atoms with van der Waals surface area (Å²) in [7, 11) is 0. The Kier molecular flexibility index (Phi) is 3.81. The molecule has 0 unspecified atom stereocenters. The smallest absolute Gasteiger partial charge is 0.119 e. The van der Waals surface area contributed by atoms with E-state index in [4.69, 9.17) is 0 Å². The van der Waals surface area contributed by atoms with Crippen molar-refractivity contribution in [2.24, 2.45) is 0 Å². The molecule has 0 N–H and O–H groups in total. The first-order valence-electron chi connectivity index (χ1n) is 5.24. The third-order valence-corrected chi connectivity index (χ3v) is 3.25. The van der Waals surface area contributed by atoms with Gasteiger partial charge in [-0.25, -0.2) is 4.98 Å². The first-order valence-corrected chi connectivity index (χ1v) is 6.32. The largest absolute Gasteiger partial charge is 0.336 e. The average Bonchev–Trinajstić information content (AvgIpc) is 2.77. The molecule has 0 bridgehead atoms. The summed E-state index contributed by atoms with van der Waals surface area (Å²) >= 11 is 2.25. The summed E-state index contributed by atoms with van der Waals surface area (Å²) in [6.07, 6.45) is 8.05. The normalized spacial score (nSPS) is 17.8. The molecule has 1 aromatic rings. The van der Waals surface area contributed by atoms with Crippen LogP contribution in [-0.4, -0.2) is 34.1 Å². The molecule has 1 saturated heterocycles. The van der Waals surface area contributed by atoms with Gasteiger partial charge in [0.2, 0.25) is 0 Å². The van der Waals surface area contributed by atoms with Gasteiger partial charge in [0.15, 0.2) is 0 Å². The summed E-state index contributed by atoms with van der Waals surface area (Å²) in [6, 6.07) is 0. The van der Waals surface area contributed by atoms with Gasteiger partial charge in [-0.15, -0.1) is 0 Å². The van der Waals surface area contributed by atoms with Crippen molar-refractivity contribution in [2.75, 3.05) is 19.6 Å². The van der Waals surface area contributed by atoms with Crippen LogP contribution in [0.2, 0.25) is 0 Å². The highest BCUT2D eigenvalue weighted by Crippen LogP contribution is 2.08. The fraction of sp³-hybridized carbons (Fsp3) is 0.700.